The zero-order chi connectivity index (χ0) is 28.4. The second-order valence-corrected chi connectivity index (χ2v) is 12.3. The molecule has 0 fully saturated rings. The monoisotopic (exact) mass is 510 g/mol. The minimum atomic E-state index is -0.367. The van der Waals surface area contributed by atoms with Crippen molar-refractivity contribution in [2.24, 2.45) is 10.8 Å². The van der Waals surface area contributed by atoms with Crippen LogP contribution in [0.3, 0.4) is 0 Å². The van der Waals surface area contributed by atoms with Gasteiger partial charge in [-0.3, -0.25) is 9.59 Å². The number of anilines is 2. The van der Waals surface area contributed by atoms with Crippen LogP contribution in [0.2, 0.25) is 0 Å². The molecule has 200 valence electrons. The number of ketones is 2. The van der Waals surface area contributed by atoms with E-state index in [0.717, 1.165) is 44.0 Å². The molecule has 0 aliphatic carbocycles. The fourth-order valence-electron chi connectivity index (χ4n) is 4.57. The van der Waals surface area contributed by atoms with Crippen molar-refractivity contribution < 1.29 is 9.59 Å². The average Bonchev–Trinajstić information content (AvgIpc) is 2.85. The zero-order valence-corrected chi connectivity index (χ0v) is 24.6. The molecule has 0 aliphatic heterocycles. The second kappa shape index (κ2) is 11.0. The van der Waals surface area contributed by atoms with E-state index in [-0.39, 0.29) is 22.4 Å². The molecule has 0 N–H and O–H groups in total. The van der Waals surface area contributed by atoms with Crippen LogP contribution in [0, 0.1) is 10.8 Å². The smallest absolute Gasteiger partial charge is 0.168 e. The van der Waals surface area contributed by atoms with Gasteiger partial charge in [-0.25, -0.2) is 0 Å². The predicted molar refractivity (Wildman–Crippen MR) is 164 cm³/mol. The maximum absolute atomic E-state index is 12.6. The highest BCUT2D eigenvalue weighted by Crippen LogP contribution is 2.34. The van der Waals surface area contributed by atoms with Crippen LogP contribution in [0.1, 0.15) is 62.3 Å². The topological polar surface area (TPSA) is 40.6 Å². The van der Waals surface area contributed by atoms with Gasteiger partial charge >= 0.3 is 0 Å². The molecule has 0 atom stereocenters. The first kappa shape index (κ1) is 28.9. The quantitative estimate of drug-likeness (QED) is 0.259. The zero-order valence-electron chi connectivity index (χ0n) is 24.6. The maximum atomic E-state index is 12.6. The van der Waals surface area contributed by atoms with Crippen LogP contribution in [0.15, 0.2) is 72.8 Å². The Morgan fingerprint density at radius 3 is 1.05 bits per heavy atom. The number of nitrogens with zero attached hydrogens (tertiary/aromatic N) is 2. The number of hydrogen-bond acceptors (Lipinski definition) is 4. The molecular weight excluding hydrogens is 468 g/mol. The first-order valence-corrected chi connectivity index (χ1v) is 13.1. The Labute approximate surface area is 228 Å². The Kier molecular flexibility index (Phi) is 8.36. The average molecular weight is 511 g/mol. The molecule has 4 heteroatoms. The molecule has 0 aromatic heterocycles. The molecule has 0 radical (unpaired) electrons. The van der Waals surface area contributed by atoms with Crippen molar-refractivity contribution in [1.29, 1.82) is 0 Å². The molecule has 0 bridgehead atoms. The van der Waals surface area contributed by atoms with Crippen molar-refractivity contribution in [2.45, 2.75) is 41.5 Å². The van der Waals surface area contributed by atoms with E-state index in [1.54, 1.807) is 0 Å². The number of carbonyl (C=O) groups excluding carboxylic acids is 2. The summed E-state index contributed by atoms with van der Waals surface area (Å²) in [6.45, 7) is 11.8. The highest BCUT2D eigenvalue weighted by atomic mass is 16.1. The molecule has 0 saturated heterocycles. The summed E-state index contributed by atoms with van der Waals surface area (Å²) < 4.78 is 0. The van der Waals surface area contributed by atoms with Gasteiger partial charge in [0.1, 0.15) is 0 Å². The normalized spacial score (nSPS) is 11.6. The molecule has 0 aliphatic rings. The number of hydrogen-bond donors (Lipinski definition) is 0. The van der Waals surface area contributed by atoms with Crippen LogP contribution in [-0.4, -0.2) is 39.8 Å². The predicted octanol–water partition coefficient (Wildman–Crippen LogP) is 8.27. The molecule has 0 heterocycles. The van der Waals surface area contributed by atoms with Crippen molar-refractivity contribution in [2.75, 3.05) is 38.0 Å². The summed E-state index contributed by atoms with van der Waals surface area (Å²) >= 11 is 0. The summed E-state index contributed by atoms with van der Waals surface area (Å²) in [4.78, 5) is 29.4. The van der Waals surface area contributed by atoms with Crippen molar-refractivity contribution in [1.82, 2.24) is 0 Å². The van der Waals surface area contributed by atoms with Crippen LogP contribution in [0.5, 0.6) is 0 Å². The van der Waals surface area contributed by atoms with E-state index in [4.69, 9.17) is 0 Å². The number of carbonyl (C=O) groups is 2. The molecule has 38 heavy (non-hydrogen) atoms. The highest BCUT2D eigenvalue weighted by molar-refractivity contribution is 6.15. The molecule has 4 rings (SSSR count). The standard InChI is InChI=1S/2C17H21NO/c2*1-17(2,3)16(19)13-10-6-8-12-9-7-11-14(15(12)13)18(4)5/h2*6-11H,1-5H3. The molecule has 0 spiro atoms. The number of Topliss-reactive ketones (excluding diaryl/α,β-unsaturated/α-hetero) is 2. The Balaban J connectivity index is 0.000000211. The van der Waals surface area contributed by atoms with Crippen LogP contribution < -0.4 is 9.80 Å². The molecule has 4 aromatic carbocycles. The van der Waals surface area contributed by atoms with Gasteiger partial charge < -0.3 is 9.80 Å². The number of fused-ring (bicyclic) bond motifs is 2. The van der Waals surface area contributed by atoms with Gasteiger partial charge in [-0.05, 0) is 22.9 Å². The van der Waals surface area contributed by atoms with Gasteiger partial charge in [-0.1, -0.05) is 102 Å². The Bertz CT molecular complexity index is 1340. The lowest BCUT2D eigenvalue weighted by molar-refractivity contribution is 0.0854. The lowest BCUT2D eigenvalue weighted by Crippen LogP contribution is -2.21. The van der Waals surface area contributed by atoms with Crippen LogP contribution in [-0.2, 0) is 0 Å². The van der Waals surface area contributed by atoms with Crippen molar-refractivity contribution >= 4 is 44.5 Å². The maximum Gasteiger partial charge on any atom is 0.168 e. The largest absolute Gasteiger partial charge is 0.377 e. The summed E-state index contributed by atoms with van der Waals surface area (Å²) in [5.74, 6) is 0.375. The van der Waals surface area contributed by atoms with E-state index in [1.807, 2.05) is 106 Å². The minimum Gasteiger partial charge on any atom is -0.377 e. The van der Waals surface area contributed by atoms with Gasteiger partial charge in [0.15, 0.2) is 11.6 Å². The SMILES string of the molecule is CN(C)c1cccc2cccc(C(=O)C(C)(C)C)c12.CN(C)c1cccc2cccc(C(=O)C(C)(C)C)c12. The van der Waals surface area contributed by atoms with Gasteiger partial charge in [0.2, 0.25) is 0 Å². The van der Waals surface area contributed by atoms with Crippen molar-refractivity contribution in [3.63, 3.8) is 0 Å². The molecule has 4 aromatic rings. The fraction of sp³-hybridized carbons (Fsp3) is 0.353. The Morgan fingerprint density at radius 2 is 0.789 bits per heavy atom. The second-order valence-electron chi connectivity index (χ2n) is 12.3. The third kappa shape index (κ3) is 6.07. The van der Waals surface area contributed by atoms with E-state index in [1.165, 1.54) is 0 Å². The third-order valence-electron chi connectivity index (χ3n) is 6.58. The number of rotatable bonds is 4. The Hall–Kier alpha value is -3.66. The summed E-state index contributed by atoms with van der Waals surface area (Å²) in [6, 6.07) is 24.2. The summed E-state index contributed by atoms with van der Waals surface area (Å²) in [5.41, 5.74) is 3.07. The molecule has 0 amide bonds. The minimum absolute atomic E-state index is 0.187. The van der Waals surface area contributed by atoms with Crippen LogP contribution in [0.4, 0.5) is 11.4 Å². The lowest BCUT2D eigenvalue weighted by atomic mass is 9.84. The summed E-state index contributed by atoms with van der Waals surface area (Å²) in [7, 11) is 8.03. The van der Waals surface area contributed by atoms with E-state index < -0.39 is 0 Å². The van der Waals surface area contributed by atoms with Gasteiger partial charge in [0.25, 0.3) is 0 Å². The number of benzene rings is 4. The first-order chi connectivity index (χ1) is 17.6. The van der Waals surface area contributed by atoms with Gasteiger partial charge in [-0.15, -0.1) is 0 Å². The molecule has 4 nitrogen and oxygen atoms in total. The summed E-state index contributed by atoms with van der Waals surface area (Å²) in [6.07, 6.45) is 0. The Morgan fingerprint density at radius 1 is 0.500 bits per heavy atom. The van der Waals surface area contributed by atoms with Gasteiger partial charge in [0, 0.05) is 72.3 Å². The van der Waals surface area contributed by atoms with Gasteiger partial charge in [0.05, 0.1) is 0 Å². The van der Waals surface area contributed by atoms with E-state index in [0.29, 0.717) is 0 Å². The van der Waals surface area contributed by atoms with E-state index in [2.05, 4.69) is 46.2 Å². The third-order valence-corrected chi connectivity index (χ3v) is 6.58. The van der Waals surface area contributed by atoms with Crippen molar-refractivity contribution in [3.8, 4) is 0 Å². The molecule has 0 unspecified atom stereocenters. The molecule has 0 saturated carbocycles. The lowest BCUT2D eigenvalue weighted by Gasteiger charge is -2.21. The molecular formula is C34H42N2O2. The van der Waals surface area contributed by atoms with Crippen molar-refractivity contribution in [3.05, 3.63) is 83.9 Å². The van der Waals surface area contributed by atoms with Crippen LogP contribution in [0.25, 0.3) is 21.5 Å². The van der Waals surface area contributed by atoms with Gasteiger partial charge in [-0.2, -0.15) is 0 Å². The van der Waals surface area contributed by atoms with E-state index >= 15 is 0 Å². The summed E-state index contributed by atoms with van der Waals surface area (Å²) in [5, 5.41) is 4.33. The first-order valence-electron chi connectivity index (χ1n) is 13.1. The fourth-order valence-corrected chi connectivity index (χ4v) is 4.57. The van der Waals surface area contributed by atoms with Crippen LogP contribution >= 0.6 is 0 Å². The van der Waals surface area contributed by atoms with E-state index in [9.17, 15) is 9.59 Å². The highest BCUT2D eigenvalue weighted by Gasteiger charge is 2.26.